The molecule has 0 aliphatic heterocycles. The van der Waals surface area contributed by atoms with E-state index in [0.29, 0.717) is 5.56 Å². The van der Waals surface area contributed by atoms with Gasteiger partial charge in [0.05, 0.1) is 13.7 Å². The number of ketones is 1. The number of Topliss-reactive ketones (excluding diaryl/α,β-unsaturated/α-hetero) is 1. The van der Waals surface area contributed by atoms with Gasteiger partial charge in [0.15, 0.2) is 5.78 Å². The van der Waals surface area contributed by atoms with Gasteiger partial charge in [-0.15, -0.1) is 0 Å². The molecule has 0 spiro atoms. The number of esters is 1. The highest BCUT2D eigenvalue weighted by Crippen LogP contribution is 2.04. The Balaban J connectivity index is 2.58. The van der Waals surface area contributed by atoms with E-state index in [1.54, 1.807) is 12.1 Å². The fourth-order valence-electron chi connectivity index (χ4n) is 1.65. The second-order valence-corrected chi connectivity index (χ2v) is 4.41. The van der Waals surface area contributed by atoms with Gasteiger partial charge in [-0.1, -0.05) is 44.2 Å². The quantitative estimate of drug-likeness (QED) is 0.615. The lowest BCUT2D eigenvalue weighted by Crippen LogP contribution is -2.44. The van der Waals surface area contributed by atoms with Crippen LogP contribution in [0.1, 0.15) is 24.2 Å². The van der Waals surface area contributed by atoms with E-state index in [0.717, 1.165) is 0 Å². The monoisotopic (exact) mass is 249 g/mol. The number of hydrogen-bond acceptors (Lipinski definition) is 4. The predicted molar refractivity (Wildman–Crippen MR) is 69.4 cm³/mol. The van der Waals surface area contributed by atoms with E-state index in [9.17, 15) is 9.59 Å². The first-order chi connectivity index (χ1) is 8.56. The maximum absolute atomic E-state index is 11.9. The van der Waals surface area contributed by atoms with E-state index in [4.69, 9.17) is 4.74 Å². The Bertz CT molecular complexity index is 401. The van der Waals surface area contributed by atoms with Gasteiger partial charge in [-0.05, 0) is 5.92 Å². The smallest absolute Gasteiger partial charge is 0.323 e. The van der Waals surface area contributed by atoms with Crippen LogP contribution in [0.15, 0.2) is 30.3 Å². The Labute approximate surface area is 107 Å². The van der Waals surface area contributed by atoms with Gasteiger partial charge < -0.3 is 4.74 Å². The molecule has 0 fully saturated rings. The van der Waals surface area contributed by atoms with Crippen molar-refractivity contribution in [2.24, 2.45) is 5.92 Å². The summed E-state index contributed by atoms with van der Waals surface area (Å²) in [6.45, 7) is 3.94. The predicted octanol–water partition coefficient (Wildman–Crippen LogP) is 1.66. The van der Waals surface area contributed by atoms with E-state index in [1.807, 2.05) is 32.0 Å². The Kier molecular flexibility index (Phi) is 5.52. The minimum absolute atomic E-state index is 0.0369. The summed E-state index contributed by atoms with van der Waals surface area (Å²) < 4.78 is 4.70. The summed E-state index contributed by atoms with van der Waals surface area (Å²) in [7, 11) is 1.35. The molecule has 18 heavy (non-hydrogen) atoms. The molecule has 0 bridgehead atoms. The molecule has 0 unspecified atom stereocenters. The minimum Gasteiger partial charge on any atom is -0.468 e. The zero-order valence-corrected chi connectivity index (χ0v) is 11.0. The van der Waals surface area contributed by atoms with Crippen LogP contribution in [0.3, 0.4) is 0 Å². The van der Waals surface area contributed by atoms with E-state index in [-0.39, 0.29) is 24.2 Å². The van der Waals surface area contributed by atoms with Crippen LogP contribution in [0.4, 0.5) is 0 Å². The summed E-state index contributed by atoms with van der Waals surface area (Å²) >= 11 is 0. The molecular weight excluding hydrogens is 230 g/mol. The van der Waals surface area contributed by atoms with Crippen LogP contribution < -0.4 is 5.32 Å². The zero-order chi connectivity index (χ0) is 13.5. The number of ether oxygens (including phenoxy) is 1. The highest BCUT2D eigenvalue weighted by atomic mass is 16.5. The van der Waals surface area contributed by atoms with E-state index in [1.165, 1.54) is 7.11 Å². The van der Waals surface area contributed by atoms with Crippen molar-refractivity contribution in [1.82, 2.24) is 5.32 Å². The minimum atomic E-state index is -0.456. The lowest BCUT2D eigenvalue weighted by Gasteiger charge is -2.19. The molecule has 4 heteroatoms. The number of rotatable bonds is 6. The first-order valence-corrected chi connectivity index (χ1v) is 5.95. The van der Waals surface area contributed by atoms with Crippen molar-refractivity contribution in [3.05, 3.63) is 35.9 Å². The van der Waals surface area contributed by atoms with Crippen molar-refractivity contribution in [2.75, 3.05) is 13.7 Å². The van der Waals surface area contributed by atoms with Gasteiger partial charge >= 0.3 is 5.97 Å². The molecule has 0 saturated heterocycles. The summed E-state index contributed by atoms with van der Waals surface area (Å²) in [4.78, 5) is 23.4. The van der Waals surface area contributed by atoms with Crippen LogP contribution in [0.25, 0.3) is 0 Å². The molecule has 1 rings (SSSR count). The van der Waals surface area contributed by atoms with Crippen LogP contribution in [-0.2, 0) is 9.53 Å². The lowest BCUT2D eigenvalue weighted by molar-refractivity contribution is -0.144. The zero-order valence-electron chi connectivity index (χ0n) is 11.0. The molecule has 1 aromatic rings. The topological polar surface area (TPSA) is 55.4 Å². The summed E-state index contributed by atoms with van der Waals surface area (Å²) in [5.74, 6) is -0.308. The number of carbonyl (C=O) groups is 2. The van der Waals surface area contributed by atoms with Crippen LogP contribution in [0.5, 0.6) is 0 Å². The maximum atomic E-state index is 11.9. The van der Waals surface area contributed by atoms with Crippen molar-refractivity contribution in [3.8, 4) is 0 Å². The van der Waals surface area contributed by atoms with Crippen LogP contribution in [0, 0.1) is 5.92 Å². The fourth-order valence-corrected chi connectivity index (χ4v) is 1.65. The van der Waals surface area contributed by atoms with Crippen LogP contribution in [0.2, 0.25) is 0 Å². The Hall–Kier alpha value is -1.68. The molecule has 0 aromatic heterocycles. The van der Waals surface area contributed by atoms with Gasteiger partial charge in [0, 0.05) is 5.56 Å². The molecule has 0 saturated carbocycles. The van der Waals surface area contributed by atoms with Crippen molar-refractivity contribution >= 4 is 11.8 Å². The number of benzene rings is 1. The third-order valence-electron chi connectivity index (χ3n) is 2.70. The fraction of sp³-hybridized carbons (Fsp3) is 0.429. The maximum Gasteiger partial charge on any atom is 0.323 e. The average molecular weight is 249 g/mol. The first kappa shape index (κ1) is 14.4. The lowest BCUT2D eigenvalue weighted by atomic mass is 10.0. The number of hydrogen-bond donors (Lipinski definition) is 1. The van der Waals surface area contributed by atoms with Gasteiger partial charge in [0.25, 0.3) is 0 Å². The van der Waals surface area contributed by atoms with Gasteiger partial charge in [0.2, 0.25) is 0 Å². The number of nitrogens with one attached hydrogen (secondary N) is 1. The van der Waals surface area contributed by atoms with Crippen molar-refractivity contribution < 1.29 is 14.3 Å². The average Bonchev–Trinajstić information content (AvgIpc) is 2.39. The largest absolute Gasteiger partial charge is 0.468 e. The van der Waals surface area contributed by atoms with E-state index < -0.39 is 6.04 Å². The summed E-state index contributed by atoms with van der Waals surface area (Å²) in [6.07, 6.45) is 0. The second kappa shape index (κ2) is 6.91. The SMILES string of the molecule is COC(=O)[C@@H](NCC(=O)c1ccccc1)C(C)C. The molecule has 0 aliphatic carbocycles. The molecule has 0 radical (unpaired) electrons. The first-order valence-electron chi connectivity index (χ1n) is 5.95. The summed E-state index contributed by atoms with van der Waals surface area (Å²) in [5, 5.41) is 2.94. The molecule has 1 atom stereocenters. The Morgan fingerprint density at radius 2 is 1.83 bits per heavy atom. The highest BCUT2D eigenvalue weighted by Gasteiger charge is 2.23. The molecule has 4 nitrogen and oxygen atoms in total. The molecule has 1 N–H and O–H groups in total. The standard InChI is InChI=1S/C14H19NO3/c1-10(2)13(14(17)18-3)15-9-12(16)11-7-5-4-6-8-11/h4-8,10,13,15H,9H2,1-3H3/t13-/m0/s1. The molecular formula is C14H19NO3. The normalized spacial score (nSPS) is 12.2. The van der Waals surface area contributed by atoms with Gasteiger partial charge in [-0.25, -0.2) is 0 Å². The van der Waals surface area contributed by atoms with Crippen molar-refractivity contribution in [1.29, 1.82) is 0 Å². The number of carbonyl (C=O) groups excluding carboxylic acids is 2. The molecule has 0 heterocycles. The highest BCUT2D eigenvalue weighted by molar-refractivity contribution is 5.97. The molecule has 0 amide bonds. The van der Waals surface area contributed by atoms with E-state index >= 15 is 0 Å². The van der Waals surface area contributed by atoms with Crippen LogP contribution in [-0.4, -0.2) is 31.4 Å². The molecule has 1 aromatic carbocycles. The van der Waals surface area contributed by atoms with Crippen molar-refractivity contribution in [2.45, 2.75) is 19.9 Å². The third-order valence-corrected chi connectivity index (χ3v) is 2.70. The summed E-state index contributed by atoms with van der Waals surface area (Å²) in [5.41, 5.74) is 0.636. The van der Waals surface area contributed by atoms with Gasteiger partial charge in [-0.2, -0.15) is 0 Å². The third kappa shape index (κ3) is 3.96. The number of methoxy groups -OCH3 is 1. The Morgan fingerprint density at radius 1 is 1.22 bits per heavy atom. The van der Waals surface area contributed by atoms with Crippen molar-refractivity contribution in [3.63, 3.8) is 0 Å². The van der Waals surface area contributed by atoms with Gasteiger partial charge in [-0.3, -0.25) is 14.9 Å². The Morgan fingerprint density at radius 3 is 2.33 bits per heavy atom. The molecule has 98 valence electrons. The van der Waals surface area contributed by atoms with E-state index in [2.05, 4.69) is 5.32 Å². The van der Waals surface area contributed by atoms with Gasteiger partial charge in [0.1, 0.15) is 6.04 Å². The second-order valence-electron chi connectivity index (χ2n) is 4.41. The van der Waals surface area contributed by atoms with Crippen LogP contribution >= 0.6 is 0 Å². The molecule has 0 aliphatic rings. The summed E-state index contributed by atoms with van der Waals surface area (Å²) in [6, 6.07) is 8.54.